The molecule has 1 fully saturated rings. The molecule has 0 saturated heterocycles. The molecule has 0 amide bonds. The Labute approximate surface area is 144 Å². The Morgan fingerprint density at radius 2 is 2.08 bits per heavy atom. The van der Waals surface area contributed by atoms with Gasteiger partial charge in [0.25, 0.3) is 0 Å². The molecule has 7 heteroatoms. The van der Waals surface area contributed by atoms with Gasteiger partial charge in [0, 0.05) is 12.5 Å². The predicted molar refractivity (Wildman–Crippen MR) is 90.2 cm³/mol. The third-order valence-corrected chi connectivity index (χ3v) is 4.19. The average Bonchev–Trinajstić information content (AvgIpc) is 3.45. The number of methoxy groups -OCH3 is 1. The van der Waals surface area contributed by atoms with Crippen molar-refractivity contribution in [2.75, 3.05) is 19.0 Å². The summed E-state index contributed by atoms with van der Waals surface area (Å²) in [5.74, 6) is 0.571. The van der Waals surface area contributed by atoms with Gasteiger partial charge in [-0.25, -0.2) is 14.8 Å². The van der Waals surface area contributed by atoms with E-state index in [2.05, 4.69) is 15.3 Å². The van der Waals surface area contributed by atoms with Crippen LogP contribution in [0.3, 0.4) is 0 Å². The van der Waals surface area contributed by atoms with Crippen LogP contribution < -0.4 is 5.32 Å². The fourth-order valence-corrected chi connectivity index (χ4v) is 2.55. The number of hydrogen-bond acceptors (Lipinski definition) is 6. The van der Waals surface area contributed by atoms with Crippen LogP contribution in [-0.4, -0.2) is 34.7 Å². The minimum atomic E-state index is -0.719. The van der Waals surface area contributed by atoms with Gasteiger partial charge in [-0.3, -0.25) is 0 Å². The largest absolute Gasteiger partial charge is 0.464 e. The summed E-state index contributed by atoms with van der Waals surface area (Å²) in [4.78, 5) is 20.5. The molecule has 1 unspecified atom stereocenters. The molecule has 1 saturated carbocycles. The van der Waals surface area contributed by atoms with Gasteiger partial charge < -0.3 is 15.2 Å². The minimum absolute atomic E-state index is 0.0489. The van der Waals surface area contributed by atoms with E-state index in [9.17, 15) is 9.90 Å². The third kappa shape index (κ3) is 3.66. The van der Waals surface area contributed by atoms with Gasteiger partial charge in [0.1, 0.15) is 16.7 Å². The predicted octanol–water partition coefficient (Wildman–Crippen LogP) is 2.94. The van der Waals surface area contributed by atoms with E-state index in [1.807, 2.05) is 30.3 Å². The number of anilines is 1. The summed E-state index contributed by atoms with van der Waals surface area (Å²) in [5, 5.41) is 13.4. The van der Waals surface area contributed by atoms with Crippen LogP contribution in [0, 0.1) is 0 Å². The number of aliphatic hydroxyl groups excluding tert-OH is 1. The molecule has 24 heavy (non-hydrogen) atoms. The summed E-state index contributed by atoms with van der Waals surface area (Å²) >= 11 is 6.24. The maximum atomic E-state index is 11.9. The molecule has 1 aliphatic rings. The lowest BCUT2D eigenvalue weighted by Gasteiger charge is -2.15. The van der Waals surface area contributed by atoms with E-state index in [-0.39, 0.29) is 23.2 Å². The van der Waals surface area contributed by atoms with Gasteiger partial charge in [-0.15, -0.1) is 0 Å². The SMILES string of the molecule is COC(=O)c1nc(C2CC2)nc(NCC(O)c2ccccc2)c1Cl. The summed E-state index contributed by atoms with van der Waals surface area (Å²) in [6.45, 7) is 0.214. The molecule has 0 spiro atoms. The first-order chi connectivity index (χ1) is 11.6. The molecule has 0 bridgehead atoms. The molecule has 1 atom stereocenters. The third-order valence-electron chi connectivity index (χ3n) is 3.84. The zero-order chi connectivity index (χ0) is 17.1. The molecule has 0 radical (unpaired) electrons. The lowest BCUT2D eigenvalue weighted by atomic mass is 10.1. The van der Waals surface area contributed by atoms with Crippen LogP contribution in [0.2, 0.25) is 5.02 Å². The van der Waals surface area contributed by atoms with E-state index in [1.165, 1.54) is 7.11 Å². The highest BCUT2D eigenvalue weighted by Gasteiger charge is 2.30. The van der Waals surface area contributed by atoms with E-state index < -0.39 is 12.1 Å². The van der Waals surface area contributed by atoms with Crippen LogP contribution in [0.25, 0.3) is 0 Å². The van der Waals surface area contributed by atoms with Crippen molar-refractivity contribution in [2.45, 2.75) is 24.9 Å². The summed E-state index contributed by atoms with van der Waals surface area (Å²) in [6.07, 6.45) is 1.27. The first kappa shape index (κ1) is 16.7. The lowest BCUT2D eigenvalue weighted by Crippen LogP contribution is -2.16. The maximum Gasteiger partial charge on any atom is 0.358 e. The molecule has 0 aliphatic heterocycles. The number of aromatic nitrogens is 2. The average molecular weight is 348 g/mol. The second-order valence-corrected chi connectivity index (χ2v) is 6.04. The number of ether oxygens (including phenoxy) is 1. The van der Waals surface area contributed by atoms with Crippen molar-refractivity contribution in [1.82, 2.24) is 9.97 Å². The molecule has 2 aromatic rings. The highest BCUT2D eigenvalue weighted by atomic mass is 35.5. The maximum absolute atomic E-state index is 11.9. The van der Waals surface area contributed by atoms with E-state index >= 15 is 0 Å². The Kier molecular flexibility index (Phi) is 4.97. The second-order valence-electron chi connectivity index (χ2n) is 5.67. The summed E-state index contributed by atoms with van der Waals surface area (Å²) in [7, 11) is 1.28. The fraction of sp³-hybridized carbons (Fsp3) is 0.353. The quantitative estimate of drug-likeness (QED) is 0.781. The molecule has 2 N–H and O–H groups in total. The van der Waals surface area contributed by atoms with Crippen molar-refractivity contribution in [2.24, 2.45) is 0 Å². The Morgan fingerprint density at radius 3 is 2.71 bits per heavy atom. The van der Waals surface area contributed by atoms with Gasteiger partial charge in [-0.1, -0.05) is 41.9 Å². The van der Waals surface area contributed by atoms with E-state index in [0.717, 1.165) is 18.4 Å². The van der Waals surface area contributed by atoms with Crippen molar-refractivity contribution < 1.29 is 14.6 Å². The van der Waals surface area contributed by atoms with Crippen LogP contribution >= 0.6 is 11.6 Å². The Bertz CT molecular complexity index is 735. The fourth-order valence-electron chi connectivity index (χ4n) is 2.32. The van der Waals surface area contributed by atoms with Gasteiger partial charge in [0.15, 0.2) is 5.69 Å². The smallest absolute Gasteiger partial charge is 0.358 e. The van der Waals surface area contributed by atoms with Gasteiger partial charge in [-0.05, 0) is 18.4 Å². The van der Waals surface area contributed by atoms with Crippen molar-refractivity contribution in [1.29, 1.82) is 0 Å². The van der Waals surface area contributed by atoms with Crippen molar-refractivity contribution in [3.05, 3.63) is 52.4 Å². The first-order valence-corrected chi connectivity index (χ1v) is 8.10. The second kappa shape index (κ2) is 7.15. The Balaban J connectivity index is 1.81. The Morgan fingerprint density at radius 1 is 1.38 bits per heavy atom. The molecule has 1 aliphatic carbocycles. The number of halogens is 1. The van der Waals surface area contributed by atoms with Crippen LogP contribution in [-0.2, 0) is 4.74 Å². The number of benzene rings is 1. The molecule has 1 heterocycles. The number of nitrogens with one attached hydrogen (secondary N) is 1. The highest BCUT2D eigenvalue weighted by Crippen LogP contribution is 2.39. The van der Waals surface area contributed by atoms with Crippen LogP contribution in [0.1, 0.15) is 46.7 Å². The molecule has 1 aromatic heterocycles. The summed E-state index contributed by atoms with van der Waals surface area (Å²) < 4.78 is 4.73. The van der Waals surface area contributed by atoms with Crippen molar-refractivity contribution in [3.8, 4) is 0 Å². The highest BCUT2D eigenvalue weighted by molar-refractivity contribution is 6.35. The summed E-state index contributed by atoms with van der Waals surface area (Å²) in [6, 6.07) is 9.27. The van der Waals surface area contributed by atoms with E-state index in [4.69, 9.17) is 16.3 Å². The van der Waals surface area contributed by atoms with E-state index in [0.29, 0.717) is 11.6 Å². The van der Waals surface area contributed by atoms with E-state index in [1.54, 1.807) is 0 Å². The molecule has 126 valence electrons. The number of carbonyl (C=O) groups excluding carboxylic acids is 1. The number of hydrogen-bond donors (Lipinski definition) is 2. The lowest BCUT2D eigenvalue weighted by molar-refractivity contribution is 0.0593. The minimum Gasteiger partial charge on any atom is -0.464 e. The number of nitrogens with zero attached hydrogens (tertiary/aromatic N) is 2. The van der Waals surface area contributed by atoms with Crippen molar-refractivity contribution >= 4 is 23.4 Å². The number of esters is 1. The molecular formula is C17H18ClN3O3. The number of carbonyl (C=O) groups is 1. The van der Waals surface area contributed by atoms with Crippen LogP contribution in [0.4, 0.5) is 5.82 Å². The van der Waals surface area contributed by atoms with Gasteiger partial charge in [-0.2, -0.15) is 0 Å². The topological polar surface area (TPSA) is 84.3 Å². The van der Waals surface area contributed by atoms with Gasteiger partial charge in [0.05, 0.1) is 13.2 Å². The zero-order valence-corrected chi connectivity index (χ0v) is 14.0. The van der Waals surface area contributed by atoms with Crippen LogP contribution in [0.15, 0.2) is 30.3 Å². The van der Waals surface area contributed by atoms with Gasteiger partial charge in [0.2, 0.25) is 0 Å². The van der Waals surface area contributed by atoms with Crippen molar-refractivity contribution in [3.63, 3.8) is 0 Å². The molecule has 3 rings (SSSR count). The standard InChI is InChI=1S/C17H18ClN3O3/c1-24-17(23)14-13(18)16(21-15(20-14)11-7-8-11)19-9-12(22)10-5-3-2-4-6-10/h2-6,11-12,22H,7-9H2,1H3,(H,19,20,21). The molecule has 6 nitrogen and oxygen atoms in total. The molecular weight excluding hydrogens is 330 g/mol. The Hall–Kier alpha value is -2.18. The van der Waals surface area contributed by atoms with Crippen LogP contribution in [0.5, 0.6) is 0 Å². The number of rotatable bonds is 6. The monoisotopic (exact) mass is 347 g/mol. The first-order valence-electron chi connectivity index (χ1n) is 7.72. The molecule has 1 aromatic carbocycles. The summed E-state index contributed by atoms with van der Waals surface area (Å²) in [5.41, 5.74) is 0.832. The zero-order valence-electron chi connectivity index (χ0n) is 13.2. The normalized spacial score (nSPS) is 15.0. The number of aliphatic hydroxyl groups is 1. The van der Waals surface area contributed by atoms with Gasteiger partial charge >= 0.3 is 5.97 Å².